The van der Waals surface area contributed by atoms with E-state index in [9.17, 15) is 14.4 Å². The fourth-order valence-corrected chi connectivity index (χ4v) is 6.61. The second kappa shape index (κ2) is 8.17. The Balaban J connectivity index is 1.07. The number of para-hydroxylation sites is 1. The van der Waals surface area contributed by atoms with Crippen LogP contribution in [-0.4, -0.2) is 17.7 Å². The van der Waals surface area contributed by atoms with E-state index in [-0.39, 0.29) is 41.4 Å². The molecule has 4 aliphatic carbocycles. The summed E-state index contributed by atoms with van der Waals surface area (Å²) in [4.78, 5) is 41.2. The highest BCUT2D eigenvalue weighted by Crippen LogP contribution is 2.65. The molecule has 1 N–H and O–H groups in total. The lowest BCUT2D eigenvalue weighted by Crippen LogP contribution is -2.40. The van der Waals surface area contributed by atoms with E-state index in [0.29, 0.717) is 34.5 Å². The summed E-state index contributed by atoms with van der Waals surface area (Å²) in [5.41, 5.74) is 2.51. The molecule has 5 aliphatic rings. The van der Waals surface area contributed by atoms with Crippen molar-refractivity contribution in [2.75, 3.05) is 10.2 Å². The first-order valence-corrected chi connectivity index (χ1v) is 12.8. The lowest BCUT2D eigenvalue weighted by molar-refractivity contribution is -0.124. The fourth-order valence-electron chi connectivity index (χ4n) is 6.61. The van der Waals surface area contributed by atoms with Gasteiger partial charge in [0.25, 0.3) is 5.91 Å². The van der Waals surface area contributed by atoms with Crippen molar-refractivity contribution in [1.82, 2.24) is 0 Å². The van der Waals surface area contributed by atoms with E-state index in [1.165, 1.54) is 4.90 Å². The number of nitrogens with one attached hydrogen (secondary N) is 1. The third-order valence-corrected chi connectivity index (χ3v) is 8.46. The van der Waals surface area contributed by atoms with Crippen molar-refractivity contribution in [2.24, 2.45) is 35.5 Å². The first-order chi connectivity index (χ1) is 18.0. The number of imide groups is 1. The summed E-state index contributed by atoms with van der Waals surface area (Å²) in [7, 11) is 0. The number of amides is 3. The third kappa shape index (κ3) is 3.50. The Morgan fingerprint density at radius 1 is 0.865 bits per heavy atom. The average Bonchev–Trinajstić information content (AvgIpc) is 3.69. The molecule has 3 amide bonds. The summed E-state index contributed by atoms with van der Waals surface area (Å²) >= 11 is 0. The van der Waals surface area contributed by atoms with Crippen LogP contribution in [0.2, 0.25) is 0 Å². The number of hydrogen-bond acceptors (Lipinski definition) is 4. The second-order valence-corrected chi connectivity index (χ2v) is 10.6. The molecule has 8 rings (SSSR count). The fraction of sp³-hybridized carbons (Fsp3) is 0.258. The van der Waals surface area contributed by atoms with E-state index in [0.717, 1.165) is 17.7 Å². The van der Waals surface area contributed by atoms with Crippen LogP contribution in [0.3, 0.4) is 0 Å². The van der Waals surface area contributed by atoms with Gasteiger partial charge in [-0.3, -0.25) is 14.4 Å². The van der Waals surface area contributed by atoms with Gasteiger partial charge in [-0.15, -0.1) is 0 Å². The van der Waals surface area contributed by atoms with E-state index in [2.05, 4.69) is 17.5 Å². The van der Waals surface area contributed by atoms with Crippen LogP contribution in [0.15, 0.2) is 84.9 Å². The molecule has 0 aromatic heterocycles. The molecule has 6 nitrogen and oxygen atoms in total. The Hall–Kier alpha value is -4.19. The van der Waals surface area contributed by atoms with Gasteiger partial charge in [0.05, 0.1) is 17.5 Å². The zero-order valence-electron chi connectivity index (χ0n) is 20.3. The SMILES string of the molecule is Cc1ccccc1Oc1ccc(NC(=O)c2cccc(N3C(=O)[C@H]4[C@@H]5C=C[C@@H]([C@H]6C[C@H]56)[C@@H]4C3=O)c2)cc1. The number of nitrogens with zero attached hydrogens (tertiary/aromatic N) is 1. The van der Waals surface area contributed by atoms with Crippen LogP contribution in [0.25, 0.3) is 0 Å². The minimum atomic E-state index is -0.311. The summed E-state index contributed by atoms with van der Waals surface area (Å²) in [5.74, 6) is 1.82. The molecule has 3 aromatic rings. The number of rotatable bonds is 5. The third-order valence-electron chi connectivity index (χ3n) is 8.46. The largest absolute Gasteiger partial charge is 0.457 e. The molecule has 2 saturated carbocycles. The van der Waals surface area contributed by atoms with Gasteiger partial charge in [-0.2, -0.15) is 0 Å². The lowest BCUT2D eigenvalue weighted by Gasteiger charge is -2.37. The maximum atomic E-state index is 13.4. The van der Waals surface area contributed by atoms with Crippen LogP contribution in [0, 0.1) is 42.4 Å². The Kier molecular flexibility index (Phi) is 4.86. The molecule has 37 heavy (non-hydrogen) atoms. The minimum Gasteiger partial charge on any atom is -0.457 e. The minimum absolute atomic E-state index is 0.124. The average molecular weight is 491 g/mol. The predicted molar refractivity (Wildman–Crippen MR) is 139 cm³/mol. The number of anilines is 2. The number of carbonyl (C=O) groups excluding carboxylic acids is 3. The molecule has 0 spiro atoms. The van der Waals surface area contributed by atoms with Gasteiger partial charge in [0.15, 0.2) is 0 Å². The number of carbonyl (C=O) groups is 3. The van der Waals surface area contributed by atoms with Crippen molar-refractivity contribution in [2.45, 2.75) is 13.3 Å². The maximum absolute atomic E-state index is 13.4. The molecule has 6 atom stereocenters. The molecule has 1 heterocycles. The van der Waals surface area contributed by atoms with Crippen molar-refractivity contribution >= 4 is 29.1 Å². The van der Waals surface area contributed by atoms with Gasteiger partial charge in [-0.05, 0) is 91.1 Å². The zero-order chi connectivity index (χ0) is 25.3. The lowest BCUT2D eigenvalue weighted by atomic mass is 9.63. The molecule has 1 saturated heterocycles. The zero-order valence-corrected chi connectivity index (χ0v) is 20.3. The van der Waals surface area contributed by atoms with Crippen molar-refractivity contribution in [3.63, 3.8) is 0 Å². The van der Waals surface area contributed by atoms with Gasteiger partial charge >= 0.3 is 0 Å². The second-order valence-electron chi connectivity index (χ2n) is 10.6. The van der Waals surface area contributed by atoms with E-state index in [1.54, 1.807) is 48.5 Å². The number of ether oxygens (including phenoxy) is 1. The number of benzene rings is 3. The van der Waals surface area contributed by atoms with Gasteiger partial charge in [0, 0.05) is 11.3 Å². The summed E-state index contributed by atoms with van der Waals surface area (Å²) in [5, 5.41) is 2.89. The van der Waals surface area contributed by atoms with Gasteiger partial charge in [0.1, 0.15) is 11.5 Å². The van der Waals surface area contributed by atoms with Crippen LogP contribution in [0.5, 0.6) is 11.5 Å². The molecular weight excluding hydrogens is 464 g/mol. The normalized spacial score (nSPS) is 28.6. The first kappa shape index (κ1) is 22.0. The van der Waals surface area contributed by atoms with E-state index < -0.39 is 0 Å². The van der Waals surface area contributed by atoms with Gasteiger partial charge in [0.2, 0.25) is 11.8 Å². The Labute approximate surface area is 214 Å². The highest BCUT2D eigenvalue weighted by Gasteiger charge is 2.67. The molecule has 2 bridgehead atoms. The van der Waals surface area contributed by atoms with Crippen LogP contribution in [-0.2, 0) is 9.59 Å². The summed E-state index contributed by atoms with van der Waals surface area (Å²) < 4.78 is 5.93. The van der Waals surface area contributed by atoms with E-state index >= 15 is 0 Å². The molecule has 1 aliphatic heterocycles. The van der Waals surface area contributed by atoms with Crippen LogP contribution in [0.4, 0.5) is 11.4 Å². The van der Waals surface area contributed by atoms with Gasteiger partial charge < -0.3 is 10.1 Å². The summed E-state index contributed by atoms with van der Waals surface area (Å²) in [6.45, 7) is 1.98. The van der Waals surface area contributed by atoms with Gasteiger partial charge in [-0.25, -0.2) is 4.90 Å². The van der Waals surface area contributed by atoms with Crippen molar-refractivity contribution < 1.29 is 19.1 Å². The highest BCUT2D eigenvalue weighted by atomic mass is 16.5. The molecule has 184 valence electrons. The molecular formula is C31H26N2O4. The number of hydrogen-bond donors (Lipinski definition) is 1. The van der Waals surface area contributed by atoms with Crippen LogP contribution >= 0.6 is 0 Å². The van der Waals surface area contributed by atoms with Crippen molar-refractivity contribution in [3.05, 3.63) is 96.1 Å². The Bertz CT molecular complexity index is 1440. The summed E-state index contributed by atoms with van der Waals surface area (Å²) in [6, 6.07) is 21.7. The Morgan fingerprint density at radius 3 is 2.22 bits per heavy atom. The van der Waals surface area contributed by atoms with Crippen molar-refractivity contribution in [3.8, 4) is 11.5 Å². The molecule has 3 aromatic carbocycles. The Morgan fingerprint density at radius 2 is 1.54 bits per heavy atom. The highest BCUT2D eigenvalue weighted by molar-refractivity contribution is 6.23. The molecule has 6 heteroatoms. The van der Waals surface area contributed by atoms with Crippen LogP contribution in [0.1, 0.15) is 22.3 Å². The van der Waals surface area contributed by atoms with E-state index in [1.807, 2.05) is 31.2 Å². The maximum Gasteiger partial charge on any atom is 0.255 e. The molecule has 0 radical (unpaired) electrons. The van der Waals surface area contributed by atoms with Gasteiger partial charge in [-0.1, -0.05) is 36.4 Å². The summed E-state index contributed by atoms with van der Waals surface area (Å²) in [6.07, 6.45) is 5.45. The first-order valence-electron chi connectivity index (χ1n) is 12.8. The number of aryl methyl sites for hydroxylation is 1. The monoisotopic (exact) mass is 490 g/mol. The van der Waals surface area contributed by atoms with Crippen LogP contribution < -0.4 is 15.0 Å². The van der Waals surface area contributed by atoms with Crippen molar-refractivity contribution in [1.29, 1.82) is 0 Å². The smallest absolute Gasteiger partial charge is 0.255 e. The standard InChI is InChI=1S/C31H26N2O4/c1-17-5-2-3-8-26(17)37-21-11-9-19(10-12-21)32-29(34)18-6-4-7-20(15-18)33-30(35)27-22-13-14-23(25-16-24(22)25)28(27)31(33)36/h2-15,22-25,27-28H,16H2,1H3,(H,32,34)/t22-,23+,24-,25-,27+,28+/m1/s1. The van der Waals surface area contributed by atoms with E-state index in [4.69, 9.17) is 4.74 Å². The predicted octanol–water partition coefficient (Wildman–Crippen LogP) is 5.60. The number of allylic oxidation sites excluding steroid dienone is 2. The molecule has 3 fully saturated rings. The topological polar surface area (TPSA) is 75.7 Å². The molecule has 0 unspecified atom stereocenters. The quantitative estimate of drug-likeness (QED) is 0.373.